The van der Waals surface area contributed by atoms with Gasteiger partial charge in [0.2, 0.25) is 5.91 Å². The van der Waals surface area contributed by atoms with Gasteiger partial charge in [0.05, 0.1) is 19.5 Å². The van der Waals surface area contributed by atoms with Crippen molar-refractivity contribution in [2.24, 2.45) is 0 Å². The largest absolute Gasteiger partial charge is 0.478 e. The monoisotopic (exact) mass is 205 g/mol. The summed E-state index contributed by atoms with van der Waals surface area (Å²) in [5.74, 6) is 2.90. The van der Waals surface area contributed by atoms with Crippen LogP contribution in [0.4, 0.5) is 0 Å². The van der Waals surface area contributed by atoms with Crippen LogP contribution in [0.3, 0.4) is 0 Å². The van der Waals surface area contributed by atoms with Gasteiger partial charge in [-0.3, -0.25) is 4.79 Å². The van der Waals surface area contributed by atoms with Gasteiger partial charge in [-0.05, 0) is 0 Å². The van der Waals surface area contributed by atoms with Crippen molar-refractivity contribution in [3.05, 3.63) is 12.2 Å². The number of carboxylic acid groups (broad SMARTS) is 1. The fourth-order valence-electron chi connectivity index (χ4n) is 0.823. The molecule has 0 aromatic carbocycles. The molecule has 0 saturated carbocycles. The third-order valence-corrected chi connectivity index (χ3v) is 1.58. The summed E-state index contributed by atoms with van der Waals surface area (Å²) in [6.45, 7) is 3.38. The van der Waals surface area contributed by atoms with Crippen molar-refractivity contribution >= 4 is 11.9 Å². The molecule has 0 saturated heterocycles. The van der Waals surface area contributed by atoms with Crippen molar-refractivity contribution in [1.82, 2.24) is 4.90 Å². The molecule has 0 aromatic heterocycles. The highest BCUT2D eigenvalue weighted by Gasteiger charge is 2.15. The fourth-order valence-corrected chi connectivity index (χ4v) is 0.823. The van der Waals surface area contributed by atoms with Gasteiger partial charge in [-0.15, -0.1) is 12.8 Å². The quantitative estimate of drug-likeness (QED) is 0.512. The molecule has 78 valence electrons. The van der Waals surface area contributed by atoms with E-state index in [9.17, 15) is 9.59 Å². The van der Waals surface area contributed by atoms with Crippen LogP contribution >= 0.6 is 0 Å². The van der Waals surface area contributed by atoms with Gasteiger partial charge in [0, 0.05) is 5.57 Å². The zero-order valence-corrected chi connectivity index (χ0v) is 8.19. The first-order valence-electron chi connectivity index (χ1n) is 4.08. The lowest BCUT2D eigenvalue weighted by atomic mass is 10.2. The van der Waals surface area contributed by atoms with Crippen molar-refractivity contribution in [3.63, 3.8) is 0 Å². The molecule has 0 aliphatic rings. The number of carbonyl (C=O) groups excluding carboxylic acids is 1. The normalized spacial score (nSPS) is 8.40. The van der Waals surface area contributed by atoms with E-state index in [2.05, 4.69) is 18.4 Å². The molecule has 0 aliphatic heterocycles. The average Bonchev–Trinajstić information content (AvgIpc) is 2.17. The maximum atomic E-state index is 11.4. The first kappa shape index (κ1) is 12.8. The number of amides is 1. The number of nitrogens with zero attached hydrogens (tertiary/aromatic N) is 1. The molecule has 0 rings (SSSR count). The standard InChI is InChI=1S/C11H11NO3/c1-4-6-12(7-5-2)10(13)8-9(3)11(14)15/h1-2H,3,6-8H2,(H,14,15). The van der Waals surface area contributed by atoms with E-state index in [1.54, 1.807) is 0 Å². The van der Waals surface area contributed by atoms with Gasteiger partial charge in [0.15, 0.2) is 0 Å². The van der Waals surface area contributed by atoms with Crippen molar-refractivity contribution in [2.75, 3.05) is 13.1 Å². The summed E-state index contributed by atoms with van der Waals surface area (Å²) < 4.78 is 0. The third-order valence-electron chi connectivity index (χ3n) is 1.58. The van der Waals surface area contributed by atoms with Crippen LogP contribution in [0, 0.1) is 24.7 Å². The zero-order valence-electron chi connectivity index (χ0n) is 8.19. The lowest BCUT2D eigenvalue weighted by molar-refractivity contribution is -0.135. The number of hydrogen-bond donors (Lipinski definition) is 1. The summed E-state index contributed by atoms with van der Waals surface area (Å²) >= 11 is 0. The van der Waals surface area contributed by atoms with Gasteiger partial charge in [-0.25, -0.2) is 4.79 Å². The first-order valence-corrected chi connectivity index (χ1v) is 4.08. The number of carbonyl (C=O) groups is 2. The number of aliphatic carboxylic acids is 1. The Morgan fingerprint density at radius 3 is 2.07 bits per heavy atom. The van der Waals surface area contributed by atoms with Crippen molar-refractivity contribution in [1.29, 1.82) is 0 Å². The first-order chi connectivity index (χ1) is 7.02. The minimum atomic E-state index is -1.20. The number of rotatable bonds is 5. The molecule has 4 heteroatoms. The van der Waals surface area contributed by atoms with Crippen LogP contribution in [-0.4, -0.2) is 35.0 Å². The van der Waals surface area contributed by atoms with Crippen molar-refractivity contribution in [3.8, 4) is 24.7 Å². The van der Waals surface area contributed by atoms with Gasteiger partial charge in [0.25, 0.3) is 0 Å². The molecule has 0 fully saturated rings. The Bertz CT molecular complexity index is 341. The van der Waals surface area contributed by atoms with Crippen LogP contribution < -0.4 is 0 Å². The molecule has 0 unspecified atom stereocenters. The summed E-state index contributed by atoms with van der Waals surface area (Å²) in [5.41, 5.74) is -0.181. The SMILES string of the molecule is C#CCN(CC#C)C(=O)CC(=C)C(=O)O. The minimum Gasteiger partial charge on any atom is -0.478 e. The molecule has 0 atom stereocenters. The summed E-state index contributed by atoms with van der Waals surface area (Å²) in [5, 5.41) is 8.52. The van der Waals surface area contributed by atoms with Crippen molar-refractivity contribution in [2.45, 2.75) is 6.42 Å². The number of hydrogen-bond acceptors (Lipinski definition) is 2. The Kier molecular flexibility index (Phi) is 5.36. The Morgan fingerprint density at radius 1 is 1.27 bits per heavy atom. The van der Waals surface area contributed by atoms with Crippen LogP contribution in [-0.2, 0) is 9.59 Å². The van der Waals surface area contributed by atoms with E-state index in [1.807, 2.05) is 0 Å². The Hall–Kier alpha value is -2.20. The zero-order chi connectivity index (χ0) is 11.8. The summed E-state index contributed by atoms with van der Waals surface area (Å²) in [4.78, 5) is 23.1. The second-order valence-electron chi connectivity index (χ2n) is 2.74. The summed E-state index contributed by atoms with van der Waals surface area (Å²) in [6.07, 6.45) is 9.79. The highest BCUT2D eigenvalue weighted by atomic mass is 16.4. The van der Waals surface area contributed by atoms with Gasteiger partial charge in [-0.1, -0.05) is 18.4 Å². The Morgan fingerprint density at radius 2 is 1.73 bits per heavy atom. The second kappa shape index (κ2) is 6.28. The second-order valence-corrected chi connectivity index (χ2v) is 2.74. The third kappa shape index (κ3) is 4.54. The van der Waals surface area contributed by atoms with E-state index in [4.69, 9.17) is 18.0 Å². The van der Waals surface area contributed by atoms with E-state index in [0.717, 1.165) is 0 Å². The maximum absolute atomic E-state index is 11.4. The number of terminal acetylenes is 2. The van der Waals surface area contributed by atoms with Crippen LogP contribution in [0.2, 0.25) is 0 Å². The van der Waals surface area contributed by atoms with E-state index in [1.165, 1.54) is 4.90 Å². The minimum absolute atomic E-state index is 0.0654. The van der Waals surface area contributed by atoms with E-state index < -0.39 is 11.9 Å². The topological polar surface area (TPSA) is 57.6 Å². The summed E-state index contributed by atoms with van der Waals surface area (Å²) in [6, 6.07) is 0. The van der Waals surface area contributed by atoms with Gasteiger partial charge in [-0.2, -0.15) is 0 Å². The molecule has 1 amide bonds. The maximum Gasteiger partial charge on any atom is 0.331 e. The van der Waals surface area contributed by atoms with Gasteiger partial charge < -0.3 is 10.0 Å². The average molecular weight is 205 g/mol. The highest BCUT2D eigenvalue weighted by Crippen LogP contribution is 2.02. The Balaban J connectivity index is 4.40. The molecule has 15 heavy (non-hydrogen) atoms. The predicted molar refractivity (Wildman–Crippen MR) is 55.6 cm³/mol. The van der Waals surface area contributed by atoms with E-state index in [-0.39, 0.29) is 25.1 Å². The van der Waals surface area contributed by atoms with Crippen LogP contribution in [0.25, 0.3) is 0 Å². The molecule has 4 nitrogen and oxygen atoms in total. The molecule has 0 aromatic rings. The van der Waals surface area contributed by atoms with Crippen molar-refractivity contribution < 1.29 is 14.7 Å². The molecule has 0 spiro atoms. The smallest absolute Gasteiger partial charge is 0.331 e. The van der Waals surface area contributed by atoms with Crippen LogP contribution in [0.1, 0.15) is 6.42 Å². The number of carboxylic acids is 1. The molecule has 1 N–H and O–H groups in total. The molecule has 0 heterocycles. The van der Waals surface area contributed by atoms with Crippen LogP contribution in [0.15, 0.2) is 12.2 Å². The Labute approximate surface area is 88.6 Å². The molecular weight excluding hydrogens is 194 g/mol. The van der Waals surface area contributed by atoms with Gasteiger partial charge in [0.1, 0.15) is 0 Å². The summed E-state index contributed by atoms with van der Waals surface area (Å²) in [7, 11) is 0. The predicted octanol–water partition coefficient (Wildman–Crippen LogP) is 0.112. The van der Waals surface area contributed by atoms with Crippen LogP contribution in [0.5, 0.6) is 0 Å². The van der Waals surface area contributed by atoms with E-state index in [0.29, 0.717) is 0 Å². The highest BCUT2D eigenvalue weighted by molar-refractivity contribution is 5.93. The fraction of sp³-hybridized carbons (Fsp3) is 0.273. The molecule has 0 radical (unpaired) electrons. The molecule has 0 aliphatic carbocycles. The molecule has 0 bridgehead atoms. The molecular formula is C11H11NO3. The lowest BCUT2D eigenvalue weighted by Gasteiger charge is -2.16. The van der Waals surface area contributed by atoms with E-state index >= 15 is 0 Å². The van der Waals surface area contributed by atoms with Gasteiger partial charge >= 0.3 is 5.97 Å². The lowest BCUT2D eigenvalue weighted by Crippen LogP contribution is -2.32.